The Morgan fingerprint density at radius 2 is 1.83 bits per heavy atom. The third kappa shape index (κ3) is 5.79. The van der Waals surface area contributed by atoms with Gasteiger partial charge in [0.25, 0.3) is 10.0 Å². The van der Waals surface area contributed by atoms with E-state index in [1.807, 2.05) is 11.0 Å². The summed E-state index contributed by atoms with van der Waals surface area (Å²) in [4.78, 5) is 21.5. The van der Waals surface area contributed by atoms with Crippen LogP contribution in [0, 0.1) is 5.92 Å². The number of benzene rings is 1. The molecule has 1 saturated heterocycles. The largest absolute Gasteiger partial charge is 0.340 e. The van der Waals surface area contributed by atoms with Crippen molar-refractivity contribution < 1.29 is 13.2 Å². The summed E-state index contributed by atoms with van der Waals surface area (Å²) in [6, 6.07) is 6.88. The van der Waals surface area contributed by atoms with Gasteiger partial charge in [0.1, 0.15) is 5.84 Å². The summed E-state index contributed by atoms with van der Waals surface area (Å²) < 4.78 is 26.6. The Bertz CT molecular complexity index is 843. The number of fused-ring (bicyclic) bond motifs is 1. The average Bonchev–Trinajstić information content (AvgIpc) is 2.95. The van der Waals surface area contributed by atoms with Crippen LogP contribution in [0.4, 0.5) is 0 Å². The number of hydrogen-bond donors (Lipinski definition) is 1. The Morgan fingerprint density at radius 3 is 2.55 bits per heavy atom. The average molecular weight is 421 g/mol. The van der Waals surface area contributed by atoms with E-state index in [4.69, 9.17) is 0 Å². The molecule has 1 amide bonds. The summed E-state index contributed by atoms with van der Waals surface area (Å²) in [5, 5.41) is 0. The highest BCUT2D eigenvalue weighted by Crippen LogP contribution is 2.22. The molecule has 1 N–H and O–H groups in total. The molecule has 2 heterocycles. The van der Waals surface area contributed by atoms with Crippen molar-refractivity contribution in [1.82, 2.24) is 14.5 Å². The maximum Gasteiger partial charge on any atom is 0.263 e. The number of aliphatic imine (C=N–C) groups is 1. The number of amidine groups is 1. The standard InChI is InChI=1S/C21H32N4O3S/c1-17(2)16-24-12-14-25(15-13-24)20(26)10-4-3-7-11-22-21-18-8-5-6-9-19(18)29(27,28)23-21/h5-6,8-9,17H,3-4,7,10-16H2,1-2H3,(H,22,23). The van der Waals surface area contributed by atoms with Crippen LogP contribution in [0.1, 0.15) is 45.1 Å². The van der Waals surface area contributed by atoms with Gasteiger partial charge in [-0.2, -0.15) is 0 Å². The molecule has 0 aliphatic carbocycles. The molecule has 0 bridgehead atoms. The zero-order valence-electron chi connectivity index (χ0n) is 17.4. The van der Waals surface area contributed by atoms with Crippen molar-refractivity contribution in [2.75, 3.05) is 39.3 Å². The van der Waals surface area contributed by atoms with Crippen LogP contribution in [0.5, 0.6) is 0 Å². The molecule has 8 heteroatoms. The molecule has 1 aromatic rings. The first-order chi connectivity index (χ1) is 13.9. The van der Waals surface area contributed by atoms with Crippen molar-refractivity contribution in [2.24, 2.45) is 10.9 Å². The van der Waals surface area contributed by atoms with E-state index in [0.717, 1.165) is 52.0 Å². The molecule has 0 unspecified atom stereocenters. The lowest BCUT2D eigenvalue weighted by Gasteiger charge is -2.35. The molecule has 0 atom stereocenters. The molecule has 0 spiro atoms. The molecule has 2 aliphatic heterocycles. The van der Waals surface area contributed by atoms with Crippen LogP contribution < -0.4 is 4.72 Å². The number of hydrogen-bond acceptors (Lipinski definition) is 5. The topological polar surface area (TPSA) is 82.1 Å². The number of nitrogens with zero attached hydrogens (tertiary/aromatic N) is 3. The summed E-state index contributed by atoms with van der Waals surface area (Å²) >= 11 is 0. The smallest absolute Gasteiger partial charge is 0.263 e. The molecular formula is C21H32N4O3S. The minimum atomic E-state index is -3.47. The normalized spacial score (nSPS) is 20.1. The van der Waals surface area contributed by atoms with Crippen molar-refractivity contribution in [3.05, 3.63) is 29.8 Å². The van der Waals surface area contributed by atoms with Gasteiger partial charge in [-0.05, 0) is 30.9 Å². The number of sulfonamides is 1. The summed E-state index contributed by atoms with van der Waals surface area (Å²) in [5.74, 6) is 1.34. The van der Waals surface area contributed by atoms with Crippen LogP contribution in [0.15, 0.2) is 34.2 Å². The van der Waals surface area contributed by atoms with Gasteiger partial charge in [0, 0.05) is 51.3 Å². The first-order valence-electron chi connectivity index (χ1n) is 10.5. The Hall–Kier alpha value is -1.93. The number of nitrogens with one attached hydrogen (secondary N) is 1. The SMILES string of the molecule is CC(C)CN1CCN(C(=O)CCCCCN=C2NS(=O)(=O)c3ccccc32)CC1. The molecule has 0 radical (unpaired) electrons. The first kappa shape index (κ1) is 21.8. The van der Waals surface area contributed by atoms with E-state index in [9.17, 15) is 13.2 Å². The summed E-state index contributed by atoms with van der Waals surface area (Å²) in [5.41, 5.74) is 0.638. The monoisotopic (exact) mass is 420 g/mol. The lowest BCUT2D eigenvalue weighted by atomic mass is 10.1. The van der Waals surface area contributed by atoms with Crippen molar-refractivity contribution in [3.63, 3.8) is 0 Å². The maximum absolute atomic E-state index is 12.4. The molecule has 0 saturated carbocycles. The van der Waals surface area contributed by atoms with Crippen LogP contribution in [0.3, 0.4) is 0 Å². The lowest BCUT2D eigenvalue weighted by molar-refractivity contribution is -0.133. The molecule has 1 aromatic carbocycles. The van der Waals surface area contributed by atoms with Gasteiger partial charge in [0.2, 0.25) is 5.91 Å². The van der Waals surface area contributed by atoms with Gasteiger partial charge in [-0.25, -0.2) is 8.42 Å². The zero-order chi connectivity index (χ0) is 20.9. The molecule has 1 fully saturated rings. The lowest BCUT2D eigenvalue weighted by Crippen LogP contribution is -2.49. The maximum atomic E-state index is 12.4. The highest BCUT2D eigenvalue weighted by Gasteiger charge is 2.29. The number of amides is 1. The van der Waals surface area contributed by atoms with Gasteiger partial charge < -0.3 is 4.90 Å². The number of unbranched alkanes of at least 4 members (excludes halogenated alkanes) is 2. The minimum Gasteiger partial charge on any atom is -0.340 e. The van der Waals surface area contributed by atoms with E-state index in [0.29, 0.717) is 30.3 Å². The fourth-order valence-corrected chi connectivity index (χ4v) is 5.11. The predicted octanol–water partition coefficient (Wildman–Crippen LogP) is 2.09. The number of piperazine rings is 1. The Balaban J connectivity index is 1.35. The van der Waals surface area contributed by atoms with E-state index in [2.05, 4.69) is 28.5 Å². The molecule has 3 rings (SSSR count). The Morgan fingerprint density at radius 1 is 1.10 bits per heavy atom. The molecule has 29 heavy (non-hydrogen) atoms. The molecule has 2 aliphatic rings. The van der Waals surface area contributed by atoms with Gasteiger partial charge in [-0.15, -0.1) is 0 Å². The molecule has 7 nitrogen and oxygen atoms in total. The highest BCUT2D eigenvalue weighted by atomic mass is 32.2. The van der Waals surface area contributed by atoms with E-state index in [1.165, 1.54) is 0 Å². The third-order valence-corrected chi connectivity index (χ3v) is 6.73. The van der Waals surface area contributed by atoms with Gasteiger partial charge in [-0.1, -0.05) is 32.4 Å². The Labute approximate surface area is 174 Å². The number of carbonyl (C=O) groups is 1. The van der Waals surface area contributed by atoms with Gasteiger partial charge in [0.15, 0.2) is 0 Å². The summed E-state index contributed by atoms with van der Waals surface area (Å²) in [7, 11) is -3.47. The van der Waals surface area contributed by atoms with Crippen molar-refractivity contribution in [1.29, 1.82) is 0 Å². The summed E-state index contributed by atoms with van der Waals surface area (Å²) in [6.07, 6.45) is 3.17. The van der Waals surface area contributed by atoms with Gasteiger partial charge >= 0.3 is 0 Å². The van der Waals surface area contributed by atoms with Crippen LogP contribution in [0.25, 0.3) is 0 Å². The van der Waals surface area contributed by atoms with E-state index < -0.39 is 10.0 Å². The second-order valence-electron chi connectivity index (χ2n) is 8.22. The molecule has 160 valence electrons. The minimum absolute atomic E-state index is 0.248. The summed E-state index contributed by atoms with van der Waals surface area (Å²) in [6.45, 7) is 9.71. The highest BCUT2D eigenvalue weighted by molar-refractivity contribution is 7.90. The number of carbonyl (C=O) groups excluding carboxylic acids is 1. The van der Waals surface area contributed by atoms with Crippen LogP contribution in [0.2, 0.25) is 0 Å². The van der Waals surface area contributed by atoms with E-state index in [-0.39, 0.29) is 10.8 Å². The van der Waals surface area contributed by atoms with Crippen molar-refractivity contribution in [3.8, 4) is 0 Å². The fourth-order valence-electron chi connectivity index (χ4n) is 3.86. The zero-order valence-corrected chi connectivity index (χ0v) is 18.2. The first-order valence-corrected chi connectivity index (χ1v) is 12.0. The van der Waals surface area contributed by atoms with Crippen LogP contribution in [-0.2, 0) is 14.8 Å². The van der Waals surface area contributed by atoms with Crippen molar-refractivity contribution in [2.45, 2.75) is 44.4 Å². The van der Waals surface area contributed by atoms with E-state index in [1.54, 1.807) is 18.2 Å². The third-order valence-electron chi connectivity index (χ3n) is 5.33. The van der Waals surface area contributed by atoms with Gasteiger partial charge in [-0.3, -0.25) is 19.4 Å². The fraction of sp³-hybridized carbons (Fsp3) is 0.619. The van der Waals surface area contributed by atoms with Gasteiger partial charge in [0.05, 0.1) is 4.90 Å². The predicted molar refractivity (Wildman–Crippen MR) is 114 cm³/mol. The second-order valence-corrected chi connectivity index (χ2v) is 9.87. The van der Waals surface area contributed by atoms with Crippen LogP contribution >= 0.6 is 0 Å². The number of rotatable bonds is 8. The second kappa shape index (κ2) is 9.71. The Kier molecular flexibility index (Phi) is 7.29. The quantitative estimate of drug-likeness (QED) is 0.653. The van der Waals surface area contributed by atoms with Crippen molar-refractivity contribution >= 4 is 21.8 Å². The van der Waals surface area contributed by atoms with E-state index >= 15 is 0 Å². The van der Waals surface area contributed by atoms with Crippen LogP contribution in [-0.4, -0.2) is 69.2 Å². The molecule has 0 aromatic heterocycles. The molecular weight excluding hydrogens is 388 g/mol.